The summed E-state index contributed by atoms with van der Waals surface area (Å²) < 4.78 is 10.4. The number of aromatic nitrogens is 4. The number of fused-ring (bicyclic) bond motifs is 3. The summed E-state index contributed by atoms with van der Waals surface area (Å²) in [5, 5.41) is 6.92. The number of rotatable bonds is 6. The van der Waals surface area contributed by atoms with Crippen LogP contribution in [0, 0.1) is 26.0 Å². The van der Waals surface area contributed by atoms with Gasteiger partial charge in [0.25, 0.3) is 0 Å². The van der Waals surface area contributed by atoms with E-state index in [0.29, 0.717) is 11.5 Å². The van der Waals surface area contributed by atoms with Crippen molar-refractivity contribution in [2.75, 3.05) is 6.26 Å². The molecule has 0 amide bonds. The summed E-state index contributed by atoms with van der Waals surface area (Å²) in [5.74, 6) is 2.05. The van der Waals surface area contributed by atoms with Crippen LogP contribution in [0.5, 0.6) is 11.5 Å². The van der Waals surface area contributed by atoms with Gasteiger partial charge in [-0.1, -0.05) is 44.5 Å². The van der Waals surface area contributed by atoms with Gasteiger partial charge in [-0.25, -0.2) is 4.98 Å². The predicted octanol–water partition coefficient (Wildman–Crippen LogP) is 10.1. The molecule has 7 aromatic rings. The zero-order valence-corrected chi connectivity index (χ0v) is 29.7. The molecule has 0 fully saturated rings. The largest absolute Gasteiger partial charge is 2.00 e. The molecule has 0 atom stereocenters. The van der Waals surface area contributed by atoms with Crippen molar-refractivity contribution in [1.29, 1.82) is 0 Å². The third-order valence-corrected chi connectivity index (χ3v) is 8.94. The van der Waals surface area contributed by atoms with E-state index in [1.165, 1.54) is 27.1 Å². The molecule has 0 saturated carbocycles. The summed E-state index contributed by atoms with van der Waals surface area (Å²) in [6, 6.07) is 34.0. The molecule has 0 bridgehead atoms. The molecule has 3 heterocycles. The Hall–Kier alpha value is -4.12. The first-order chi connectivity index (χ1) is 21.7. The Balaban J connectivity index is 0.00000372. The maximum atomic E-state index is 6.38. The van der Waals surface area contributed by atoms with E-state index in [4.69, 9.17) is 9.72 Å². The van der Waals surface area contributed by atoms with Crippen molar-refractivity contribution in [2.24, 2.45) is 0 Å². The Labute approximate surface area is 288 Å². The number of benzene rings is 4. The molecule has 0 spiro atoms. The van der Waals surface area contributed by atoms with Crippen LogP contribution in [0.25, 0.3) is 44.4 Å². The predicted molar refractivity (Wildman–Crippen MR) is 185 cm³/mol. The van der Waals surface area contributed by atoms with E-state index in [1.807, 2.05) is 41.3 Å². The van der Waals surface area contributed by atoms with Gasteiger partial charge < -0.3 is 9.30 Å². The monoisotopic (exact) mass is 801 g/mol. The van der Waals surface area contributed by atoms with Crippen LogP contribution in [0.1, 0.15) is 37.5 Å². The summed E-state index contributed by atoms with van der Waals surface area (Å²) in [6.45, 7) is 11.0. The van der Waals surface area contributed by atoms with Crippen molar-refractivity contribution in [1.82, 2.24) is 19.3 Å². The fraction of sp³-hybridized carbons (Fsp3) is 0.179. The van der Waals surface area contributed by atoms with Crippen molar-refractivity contribution < 1.29 is 25.8 Å². The number of pyridine rings is 1. The SMILES string of the molecule is CSc1cc(C)c(-c2cnn(-c3[c-]c(Oc4[c-]c5c(cc4)c4ccccc4n5-c4cc(C(C)(C)C)ccn4)ccc3)c2)c(C)c1.[Pt+2]. The first-order valence-corrected chi connectivity index (χ1v) is 16.3. The van der Waals surface area contributed by atoms with Crippen molar-refractivity contribution in [2.45, 2.75) is 44.9 Å². The quantitative estimate of drug-likeness (QED) is 0.124. The van der Waals surface area contributed by atoms with Gasteiger partial charge in [0.15, 0.2) is 0 Å². The number of para-hydroxylation sites is 1. The zero-order chi connectivity index (χ0) is 31.3. The fourth-order valence-electron chi connectivity index (χ4n) is 6.01. The maximum absolute atomic E-state index is 6.38. The second-order valence-corrected chi connectivity index (χ2v) is 13.3. The summed E-state index contributed by atoms with van der Waals surface area (Å²) in [4.78, 5) is 6.05. The molecule has 0 N–H and O–H groups in total. The first kappa shape index (κ1) is 31.8. The van der Waals surface area contributed by atoms with Crippen LogP contribution >= 0.6 is 11.8 Å². The minimum Gasteiger partial charge on any atom is -0.509 e. The van der Waals surface area contributed by atoms with E-state index < -0.39 is 0 Å². The molecule has 7 rings (SSSR count). The number of hydrogen-bond donors (Lipinski definition) is 0. The molecule has 0 unspecified atom stereocenters. The van der Waals surface area contributed by atoms with E-state index in [1.54, 1.807) is 11.8 Å². The van der Waals surface area contributed by atoms with Gasteiger partial charge in [-0.3, -0.25) is 4.68 Å². The van der Waals surface area contributed by atoms with Gasteiger partial charge in [-0.15, -0.1) is 47.5 Å². The molecule has 232 valence electrons. The van der Waals surface area contributed by atoms with Crippen LogP contribution in [0.4, 0.5) is 0 Å². The summed E-state index contributed by atoms with van der Waals surface area (Å²) in [7, 11) is 0. The number of hydrogen-bond acceptors (Lipinski definition) is 4. The average Bonchev–Trinajstić information content (AvgIpc) is 3.63. The van der Waals surface area contributed by atoms with Crippen LogP contribution in [-0.4, -0.2) is 25.6 Å². The van der Waals surface area contributed by atoms with Gasteiger partial charge in [0.1, 0.15) is 5.82 Å². The third-order valence-electron chi connectivity index (χ3n) is 8.23. The summed E-state index contributed by atoms with van der Waals surface area (Å²) in [5.41, 5.74) is 8.79. The van der Waals surface area contributed by atoms with E-state index >= 15 is 0 Å². The third kappa shape index (κ3) is 5.92. The normalized spacial score (nSPS) is 11.6. The number of nitrogens with zero attached hydrogens (tertiary/aromatic N) is 4. The summed E-state index contributed by atoms with van der Waals surface area (Å²) in [6.07, 6.45) is 7.97. The maximum Gasteiger partial charge on any atom is 2.00 e. The van der Waals surface area contributed by atoms with Crippen molar-refractivity contribution in [3.8, 4) is 34.1 Å². The van der Waals surface area contributed by atoms with Gasteiger partial charge in [-0.05, 0) is 89.2 Å². The zero-order valence-electron chi connectivity index (χ0n) is 26.7. The fourth-order valence-corrected chi connectivity index (χ4v) is 6.60. The molecular weight excluding hydrogens is 768 g/mol. The molecule has 0 radical (unpaired) electrons. The molecular formula is C39H34N4OPtS. The van der Waals surface area contributed by atoms with Crippen LogP contribution in [0.3, 0.4) is 0 Å². The molecule has 0 saturated heterocycles. The van der Waals surface area contributed by atoms with Gasteiger partial charge >= 0.3 is 21.1 Å². The molecule has 5 nitrogen and oxygen atoms in total. The molecule has 4 aromatic carbocycles. The Morgan fingerprint density at radius 3 is 2.35 bits per heavy atom. The minimum absolute atomic E-state index is 0. The van der Waals surface area contributed by atoms with E-state index in [9.17, 15) is 0 Å². The van der Waals surface area contributed by atoms with Crippen LogP contribution < -0.4 is 4.74 Å². The molecule has 7 heteroatoms. The van der Waals surface area contributed by atoms with Crippen LogP contribution in [0.2, 0.25) is 0 Å². The smallest absolute Gasteiger partial charge is 0.509 e. The first-order valence-electron chi connectivity index (χ1n) is 15.0. The molecule has 0 aliphatic carbocycles. The van der Waals surface area contributed by atoms with Crippen LogP contribution in [0.15, 0.2) is 102 Å². The van der Waals surface area contributed by atoms with E-state index in [2.05, 4.69) is 123 Å². The Bertz CT molecular complexity index is 2190. The van der Waals surface area contributed by atoms with Gasteiger partial charge in [0.2, 0.25) is 0 Å². The second kappa shape index (κ2) is 12.6. The number of thioether (sulfide) groups is 1. The van der Waals surface area contributed by atoms with E-state index in [-0.39, 0.29) is 26.5 Å². The second-order valence-electron chi connectivity index (χ2n) is 12.4. The van der Waals surface area contributed by atoms with Gasteiger partial charge in [-0.2, -0.15) is 17.2 Å². The Kier molecular flexibility index (Phi) is 8.71. The Morgan fingerprint density at radius 1 is 0.826 bits per heavy atom. The molecule has 3 aromatic heterocycles. The topological polar surface area (TPSA) is 44.9 Å². The molecule has 0 aliphatic heterocycles. The summed E-state index contributed by atoms with van der Waals surface area (Å²) >= 11 is 1.76. The van der Waals surface area contributed by atoms with Crippen molar-refractivity contribution in [3.05, 3.63) is 126 Å². The molecule has 0 aliphatic rings. The van der Waals surface area contributed by atoms with Gasteiger partial charge in [0.05, 0.1) is 6.20 Å². The van der Waals surface area contributed by atoms with Crippen molar-refractivity contribution in [3.63, 3.8) is 0 Å². The standard InChI is InChI=1S/C39H34N4OS.Pt/c1-25-18-32(45-6)19-26(2)38(25)27-23-41-42(24-27)29-10-9-11-30(21-29)44-31-14-15-34-33-12-7-8-13-35(33)43(36(34)22-31)37-20-28(16-17-40-37)39(3,4)5;/h7-20,23-24H,1-6H3;/q-2;+2. The average molecular weight is 802 g/mol. The Morgan fingerprint density at radius 2 is 1.59 bits per heavy atom. The number of aryl methyl sites for hydroxylation is 2. The number of ether oxygens (including phenoxy) is 1. The van der Waals surface area contributed by atoms with E-state index in [0.717, 1.165) is 38.9 Å². The van der Waals surface area contributed by atoms with Crippen LogP contribution in [-0.2, 0) is 26.5 Å². The molecule has 46 heavy (non-hydrogen) atoms. The van der Waals surface area contributed by atoms with Gasteiger partial charge in [0, 0.05) is 39.9 Å². The minimum atomic E-state index is 0. The van der Waals surface area contributed by atoms with Crippen molar-refractivity contribution >= 4 is 33.6 Å².